The smallest absolute Gasteiger partial charge is 0.288 e. The summed E-state index contributed by atoms with van der Waals surface area (Å²) in [5.41, 5.74) is 2.99. The van der Waals surface area contributed by atoms with Gasteiger partial charge in [-0.05, 0) is 6.92 Å². The SMILES string of the molecule is CCOP(=O)([O-])C(N)=O.O=P([O-])(CCCl)OCCCl.[NH4+].[NH4+]. The molecule has 0 aromatic heterocycles. The summed E-state index contributed by atoms with van der Waals surface area (Å²) in [5.74, 6) is 0.234. The van der Waals surface area contributed by atoms with Gasteiger partial charge in [0.05, 0.1) is 13.2 Å². The van der Waals surface area contributed by atoms with Crippen LogP contribution < -0.4 is 27.8 Å². The fourth-order valence-corrected chi connectivity index (χ4v) is 2.55. The van der Waals surface area contributed by atoms with Gasteiger partial charge in [-0.15, -0.1) is 23.2 Å². The van der Waals surface area contributed by atoms with Gasteiger partial charge in [-0.3, -0.25) is 9.36 Å². The van der Waals surface area contributed by atoms with Crippen LogP contribution in [0.5, 0.6) is 0 Å². The minimum atomic E-state index is -4.38. The normalized spacial score (nSPS) is 15.1. The predicted octanol–water partition coefficient (Wildman–Crippen LogP) is 1.44. The van der Waals surface area contributed by atoms with Crippen LogP contribution in [0, 0.1) is 0 Å². The molecule has 0 rings (SSSR count). The Morgan fingerprint density at radius 2 is 1.62 bits per heavy atom. The lowest BCUT2D eigenvalue weighted by Crippen LogP contribution is -2.19. The van der Waals surface area contributed by atoms with E-state index in [0.717, 1.165) is 0 Å². The molecule has 10 N–H and O–H groups in total. The molecular weight excluding hydrogens is 371 g/mol. The zero-order valence-corrected chi connectivity index (χ0v) is 15.4. The van der Waals surface area contributed by atoms with Crippen molar-refractivity contribution in [3.8, 4) is 0 Å². The third kappa shape index (κ3) is 18.2. The van der Waals surface area contributed by atoms with Crippen molar-refractivity contribution in [2.45, 2.75) is 6.92 Å². The molecule has 1 amide bonds. The third-order valence-corrected chi connectivity index (χ3v) is 4.38. The molecule has 0 aromatic rings. The van der Waals surface area contributed by atoms with E-state index in [4.69, 9.17) is 23.2 Å². The Bertz CT molecular complexity index is 361. The first-order valence-electron chi connectivity index (χ1n) is 4.95. The van der Waals surface area contributed by atoms with E-state index in [2.05, 4.69) is 14.8 Å². The average Bonchev–Trinajstić information content (AvgIpc) is 2.27. The monoisotopic (exact) mass is 393 g/mol. The summed E-state index contributed by atoms with van der Waals surface area (Å²) >= 11 is 10.4. The van der Waals surface area contributed by atoms with Crippen LogP contribution in [-0.2, 0) is 18.2 Å². The molecule has 0 radical (unpaired) electrons. The molecule has 10 nitrogen and oxygen atoms in total. The lowest BCUT2D eigenvalue weighted by atomic mass is 10.9. The summed E-state index contributed by atoms with van der Waals surface area (Å²) in [4.78, 5) is 30.8. The fraction of sp³-hybridized carbons (Fsp3) is 0.857. The van der Waals surface area contributed by atoms with Crippen molar-refractivity contribution >= 4 is 44.0 Å². The zero-order valence-electron chi connectivity index (χ0n) is 12.1. The van der Waals surface area contributed by atoms with Gasteiger partial charge in [-0.1, -0.05) is 0 Å². The van der Waals surface area contributed by atoms with E-state index in [9.17, 15) is 23.7 Å². The Labute approximate surface area is 133 Å². The highest BCUT2D eigenvalue weighted by Gasteiger charge is 2.13. The summed E-state index contributed by atoms with van der Waals surface area (Å²) in [6.45, 7) is 1.41. The van der Waals surface area contributed by atoms with E-state index in [-0.39, 0.29) is 43.4 Å². The Morgan fingerprint density at radius 1 is 1.14 bits per heavy atom. The molecule has 0 bridgehead atoms. The molecule has 132 valence electrons. The molecule has 0 heterocycles. The molecule has 0 aliphatic carbocycles. The first-order chi connectivity index (χ1) is 8.63. The van der Waals surface area contributed by atoms with Crippen molar-refractivity contribution < 1.29 is 32.8 Å². The highest BCUT2D eigenvalue weighted by atomic mass is 35.5. The quantitative estimate of drug-likeness (QED) is 0.406. The highest BCUT2D eigenvalue weighted by Crippen LogP contribution is 2.36. The van der Waals surface area contributed by atoms with Gasteiger partial charge in [0.15, 0.2) is 0 Å². The van der Waals surface area contributed by atoms with E-state index in [1.54, 1.807) is 0 Å². The molecule has 0 aliphatic heterocycles. The van der Waals surface area contributed by atoms with E-state index < -0.39 is 20.8 Å². The van der Waals surface area contributed by atoms with Gasteiger partial charge in [-0.2, -0.15) is 0 Å². The van der Waals surface area contributed by atoms with Crippen LogP contribution in [-0.4, -0.2) is 36.8 Å². The summed E-state index contributed by atoms with van der Waals surface area (Å²) in [5, 5.41) is 0. The molecule has 14 heteroatoms. The van der Waals surface area contributed by atoms with E-state index >= 15 is 0 Å². The number of carbonyl (C=O) groups is 1. The molecule has 0 saturated heterocycles. The number of alkyl halides is 2. The molecule has 2 atom stereocenters. The second-order valence-electron chi connectivity index (χ2n) is 2.80. The summed E-state index contributed by atoms with van der Waals surface area (Å²) < 4.78 is 29.3. The standard InChI is InChI=1S/C4H9Cl2O3P.C3H8NO4P.2H3N/c5-1-3-9-10(7,8)4-2-6;1-2-8-9(6,7)3(4)5;;/h1-4H2,(H,7,8);2H2,1H3,(H2,4,5)(H,6,7);2*1H3. The predicted molar refractivity (Wildman–Crippen MR) is 80.7 cm³/mol. The summed E-state index contributed by atoms with van der Waals surface area (Å²) in [6.07, 6.45) is -0.133. The number of carbonyl (C=O) groups excluding carboxylic acids is 1. The average molecular weight is 394 g/mol. The van der Waals surface area contributed by atoms with Gasteiger partial charge in [0.1, 0.15) is 7.60 Å². The Kier molecular flexibility index (Phi) is 21.2. The maximum atomic E-state index is 10.7. The van der Waals surface area contributed by atoms with Gasteiger partial charge in [-0.25, -0.2) is 0 Å². The van der Waals surface area contributed by atoms with Gasteiger partial charge < -0.3 is 41.4 Å². The van der Waals surface area contributed by atoms with Crippen LogP contribution >= 0.6 is 38.4 Å². The third-order valence-electron chi connectivity index (χ3n) is 1.29. The Morgan fingerprint density at radius 3 is 1.86 bits per heavy atom. The van der Waals surface area contributed by atoms with Crippen molar-refractivity contribution in [3.05, 3.63) is 0 Å². The second kappa shape index (κ2) is 15.2. The van der Waals surface area contributed by atoms with Gasteiger partial charge in [0, 0.05) is 17.9 Å². The number of hydrogen-bond acceptors (Lipinski definition) is 7. The molecule has 0 aliphatic rings. The lowest BCUT2D eigenvalue weighted by molar-refractivity contribution is -0.197. The maximum absolute atomic E-state index is 10.7. The highest BCUT2D eigenvalue weighted by molar-refractivity contribution is 7.69. The lowest BCUT2D eigenvalue weighted by Gasteiger charge is -2.21. The van der Waals surface area contributed by atoms with E-state index in [1.165, 1.54) is 6.92 Å². The number of hydrogen-bond donors (Lipinski definition) is 3. The topological polar surface area (TPSA) is 215 Å². The van der Waals surface area contributed by atoms with Gasteiger partial charge in [0.25, 0.3) is 5.65 Å². The largest absolute Gasteiger partial charge is 0.778 e. The van der Waals surface area contributed by atoms with Crippen LogP contribution in [0.2, 0.25) is 0 Å². The first-order valence-corrected chi connectivity index (χ1v) is 9.29. The van der Waals surface area contributed by atoms with Gasteiger partial charge in [0.2, 0.25) is 7.60 Å². The molecule has 2 unspecified atom stereocenters. The number of quaternary nitrogens is 2. The van der Waals surface area contributed by atoms with Crippen LogP contribution in [0.15, 0.2) is 0 Å². The molecule has 0 saturated carbocycles. The van der Waals surface area contributed by atoms with E-state index in [1.807, 2.05) is 0 Å². The number of nitrogens with two attached hydrogens (primary N) is 1. The van der Waals surface area contributed by atoms with Crippen LogP contribution in [0.1, 0.15) is 6.92 Å². The van der Waals surface area contributed by atoms with Gasteiger partial charge >= 0.3 is 0 Å². The Balaban J connectivity index is -0.000000126. The Hall–Kier alpha value is 0.270. The first kappa shape index (κ1) is 29.3. The van der Waals surface area contributed by atoms with Crippen molar-refractivity contribution in [1.82, 2.24) is 12.3 Å². The number of rotatable bonds is 8. The molecule has 21 heavy (non-hydrogen) atoms. The minimum absolute atomic E-state index is 0. The summed E-state index contributed by atoms with van der Waals surface area (Å²) in [6, 6.07) is 0. The zero-order chi connectivity index (χ0) is 15.5. The number of halogens is 2. The minimum Gasteiger partial charge on any atom is -0.778 e. The van der Waals surface area contributed by atoms with Crippen LogP contribution in [0.4, 0.5) is 4.79 Å². The second-order valence-corrected chi connectivity index (χ2v) is 7.18. The number of amides is 1. The van der Waals surface area contributed by atoms with Crippen LogP contribution in [0.3, 0.4) is 0 Å². The van der Waals surface area contributed by atoms with Crippen LogP contribution in [0.25, 0.3) is 0 Å². The molecule has 0 aromatic carbocycles. The molecule has 0 spiro atoms. The van der Waals surface area contributed by atoms with Crippen molar-refractivity contribution in [3.63, 3.8) is 0 Å². The molecule has 0 fully saturated rings. The van der Waals surface area contributed by atoms with Crippen molar-refractivity contribution in [2.75, 3.05) is 31.1 Å². The number of primary amides is 1. The maximum Gasteiger partial charge on any atom is 0.288 e. The van der Waals surface area contributed by atoms with E-state index in [0.29, 0.717) is 0 Å². The molecular formula is C7H23Cl2N3O7P2. The van der Waals surface area contributed by atoms with Crippen molar-refractivity contribution in [1.29, 1.82) is 0 Å². The van der Waals surface area contributed by atoms with Crippen molar-refractivity contribution in [2.24, 2.45) is 5.73 Å². The summed E-state index contributed by atoms with van der Waals surface area (Å²) in [7, 11) is -8.05. The fourth-order valence-electron chi connectivity index (χ4n) is 0.575.